The van der Waals surface area contributed by atoms with Gasteiger partial charge >= 0.3 is 5.97 Å². The van der Waals surface area contributed by atoms with Crippen LogP contribution in [0, 0.1) is 0 Å². The Morgan fingerprint density at radius 2 is 2.46 bits per heavy atom. The molecule has 4 heteroatoms. The van der Waals surface area contributed by atoms with Crippen molar-refractivity contribution >= 4 is 33.2 Å². The molecule has 0 unspecified atom stereocenters. The summed E-state index contributed by atoms with van der Waals surface area (Å²) in [6.07, 6.45) is 1.27. The van der Waals surface area contributed by atoms with Crippen LogP contribution >= 0.6 is 27.3 Å². The lowest BCUT2D eigenvalue weighted by Gasteiger charge is -2.01. The third-order valence-corrected chi connectivity index (χ3v) is 2.88. The normalized spacial score (nSPS) is 9.92. The molecular formula is C9H11BrO2S. The number of alkyl halides is 1. The van der Waals surface area contributed by atoms with Crippen LogP contribution in [0.3, 0.4) is 0 Å². The molecule has 0 aromatic carbocycles. The van der Waals surface area contributed by atoms with E-state index in [1.54, 1.807) is 11.3 Å². The van der Waals surface area contributed by atoms with Gasteiger partial charge in [0.2, 0.25) is 0 Å². The van der Waals surface area contributed by atoms with Crippen LogP contribution < -0.4 is 0 Å². The Kier molecular flexibility index (Phi) is 5.08. The van der Waals surface area contributed by atoms with E-state index in [0.717, 1.165) is 16.6 Å². The fourth-order valence-corrected chi connectivity index (χ4v) is 1.77. The van der Waals surface area contributed by atoms with Gasteiger partial charge in [-0.15, -0.1) is 11.3 Å². The summed E-state index contributed by atoms with van der Waals surface area (Å²) in [5.74, 6) is -0.136. The quantitative estimate of drug-likeness (QED) is 0.463. The molecule has 2 nitrogen and oxygen atoms in total. The van der Waals surface area contributed by atoms with Gasteiger partial charge in [0.15, 0.2) is 0 Å². The second kappa shape index (κ2) is 6.16. The summed E-state index contributed by atoms with van der Waals surface area (Å²) in [6.45, 7) is 0.509. The summed E-state index contributed by atoms with van der Waals surface area (Å²) in [7, 11) is 0. The van der Waals surface area contributed by atoms with E-state index in [2.05, 4.69) is 15.9 Å². The number of hydrogen-bond acceptors (Lipinski definition) is 3. The van der Waals surface area contributed by atoms with Gasteiger partial charge in [0.1, 0.15) is 0 Å². The molecule has 0 aliphatic heterocycles. The topological polar surface area (TPSA) is 26.3 Å². The molecule has 0 saturated carbocycles. The second-order valence-corrected chi connectivity index (χ2v) is 4.34. The Labute approximate surface area is 90.0 Å². The van der Waals surface area contributed by atoms with E-state index in [1.165, 1.54) is 0 Å². The molecule has 0 bridgehead atoms. The maximum atomic E-state index is 11.2. The fourth-order valence-electron chi connectivity index (χ4n) is 0.847. The van der Waals surface area contributed by atoms with Crippen LogP contribution in [-0.4, -0.2) is 17.9 Å². The zero-order valence-electron chi connectivity index (χ0n) is 7.16. The maximum Gasteiger partial charge on any atom is 0.311 e. The molecule has 0 saturated heterocycles. The molecule has 72 valence electrons. The van der Waals surface area contributed by atoms with E-state index in [0.29, 0.717) is 13.0 Å². The van der Waals surface area contributed by atoms with Crippen LogP contribution in [0.25, 0.3) is 0 Å². The number of carbonyl (C=O) groups is 1. The van der Waals surface area contributed by atoms with Gasteiger partial charge in [-0.2, -0.15) is 0 Å². The van der Waals surface area contributed by atoms with Gasteiger partial charge in [-0.05, 0) is 17.9 Å². The van der Waals surface area contributed by atoms with Crippen LogP contribution in [0.4, 0.5) is 0 Å². The molecular weight excluding hydrogens is 252 g/mol. The van der Waals surface area contributed by atoms with Gasteiger partial charge in [0, 0.05) is 10.2 Å². The number of ether oxygens (including phenoxy) is 1. The first-order chi connectivity index (χ1) is 6.33. The molecule has 0 spiro atoms. The zero-order valence-corrected chi connectivity index (χ0v) is 9.57. The van der Waals surface area contributed by atoms with Crippen molar-refractivity contribution in [2.24, 2.45) is 0 Å². The molecule has 0 aliphatic rings. The maximum absolute atomic E-state index is 11.2. The Morgan fingerprint density at radius 3 is 3.08 bits per heavy atom. The predicted octanol–water partition coefficient (Wildman–Crippen LogP) is 2.62. The molecule has 0 N–H and O–H groups in total. The van der Waals surface area contributed by atoms with Crippen molar-refractivity contribution < 1.29 is 9.53 Å². The average Bonchev–Trinajstić information content (AvgIpc) is 2.57. The fraction of sp³-hybridized carbons (Fsp3) is 0.444. The van der Waals surface area contributed by atoms with Crippen molar-refractivity contribution in [3.8, 4) is 0 Å². The van der Waals surface area contributed by atoms with E-state index in [4.69, 9.17) is 4.74 Å². The molecule has 1 rings (SSSR count). The highest BCUT2D eigenvalue weighted by molar-refractivity contribution is 9.09. The van der Waals surface area contributed by atoms with Crippen LogP contribution in [0.2, 0.25) is 0 Å². The smallest absolute Gasteiger partial charge is 0.311 e. The Bertz CT molecular complexity index is 246. The Morgan fingerprint density at radius 1 is 1.62 bits per heavy atom. The Hall–Kier alpha value is -0.350. The van der Waals surface area contributed by atoms with Crippen LogP contribution in [-0.2, 0) is 16.0 Å². The lowest BCUT2D eigenvalue weighted by atomic mass is 10.3. The lowest BCUT2D eigenvalue weighted by Crippen LogP contribution is -2.08. The summed E-state index contributed by atoms with van der Waals surface area (Å²) >= 11 is 4.85. The highest BCUT2D eigenvalue weighted by Gasteiger charge is 2.04. The lowest BCUT2D eigenvalue weighted by molar-refractivity contribution is -0.142. The van der Waals surface area contributed by atoms with Crippen LogP contribution in [0.1, 0.15) is 11.3 Å². The summed E-state index contributed by atoms with van der Waals surface area (Å²) in [4.78, 5) is 12.2. The van der Waals surface area contributed by atoms with Crippen molar-refractivity contribution in [3.63, 3.8) is 0 Å². The summed E-state index contributed by atoms with van der Waals surface area (Å²) in [5, 5.41) is 2.83. The van der Waals surface area contributed by atoms with Crippen molar-refractivity contribution in [2.75, 3.05) is 11.9 Å². The number of esters is 1. The van der Waals surface area contributed by atoms with Gasteiger partial charge < -0.3 is 4.74 Å². The van der Waals surface area contributed by atoms with Gasteiger partial charge in [-0.25, -0.2) is 0 Å². The van der Waals surface area contributed by atoms with E-state index in [9.17, 15) is 4.79 Å². The molecule has 1 heterocycles. The third-order valence-electron chi connectivity index (χ3n) is 1.44. The second-order valence-electron chi connectivity index (χ2n) is 2.52. The predicted molar refractivity (Wildman–Crippen MR) is 57.4 cm³/mol. The highest BCUT2D eigenvalue weighted by atomic mass is 79.9. The summed E-state index contributed by atoms with van der Waals surface area (Å²) < 4.78 is 4.99. The van der Waals surface area contributed by atoms with Crippen LogP contribution in [0.15, 0.2) is 17.5 Å². The van der Waals surface area contributed by atoms with E-state index >= 15 is 0 Å². The highest BCUT2D eigenvalue weighted by Crippen LogP contribution is 2.09. The van der Waals surface area contributed by atoms with Gasteiger partial charge in [0.05, 0.1) is 13.0 Å². The summed E-state index contributed by atoms with van der Waals surface area (Å²) in [5.41, 5.74) is 0. The number of carbonyl (C=O) groups excluding carboxylic acids is 1. The number of rotatable bonds is 5. The molecule has 0 aliphatic carbocycles. The van der Waals surface area contributed by atoms with Gasteiger partial charge in [-0.3, -0.25) is 4.79 Å². The first kappa shape index (κ1) is 10.7. The minimum Gasteiger partial charge on any atom is -0.465 e. The molecule has 0 amide bonds. The number of halogens is 1. The standard InChI is InChI=1S/C9H11BrO2S/c10-4-2-5-12-9(11)7-8-3-1-6-13-8/h1,3,6H,2,4-5,7H2. The molecule has 0 atom stereocenters. The minimum absolute atomic E-state index is 0.136. The first-order valence-corrected chi connectivity index (χ1v) is 6.07. The third kappa shape index (κ3) is 4.43. The SMILES string of the molecule is O=C(Cc1cccs1)OCCCBr. The van der Waals surface area contributed by atoms with Gasteiger partial charge in [0.25, 0.3) is 0 Å². The van der Waals surface area contributed by atoms with E-state index in [-0.39, 0.29) is 5.97 Å². The van der Waals surface area contributed by atoms with Crippen molar-refractivity contribution in [1.82, 2.24) is 0 Å². The number of thiophene rings is 1. The molecule has 0 fully saturated rings. The average molecular weight is 263 g/mol. The number of hydrogen-bond donors (Lipinski definition) is 0. The zero-order chi connectivity index (χ0) is 9.52. The van der Waals surface area contributed by atoms with E-state index < -0.39 is 0 Å². The minimum atomic E-state index is -0.136. The monoisotopic (exact) mass is 262 g/mol. The van der Waals surface area contributed by atoms with Crippen LogP contribution in [0.5, 0.6) is 0 Å². The molecule has 1 aromatic heterocycles. The van der Waals surface area contributed by atoms with E-state index in [1.807, 2.05) is 17.5 Å². The van der Waals surface area contributed by atoms with Crippen molar-refractivity contribution in [2.45, 2.75) is 12.8 Å². The molecule has 0 radical (unpaired) electrons. The summed E-state index contributed by atoms with van der Waals surface area (Å²) in [6, 6.07) is 3.88. The molecule has 1 aromatic rings. The first-order valence-electron chi connectivity index (χ1n) is 4.07. The van der Waals surface area contributed by atoms with Gasteiger partial charge in [-0.1, -0.05) is 22.0 Å². The largest absolute Gasteiger partial charge is 0.465 e. The van der Waals surface area contributed by atoms with Crippen molar-refractivity contribution in [3.05, 3.63) is 22.4 Å². The molecule has 13 heavy (non-hydrogen) atoms. The Balaban J connectivity index is 2.18. The van der Waals surface area contributed by atoms with Crippen molar-refractivity contribution in [1.29, 1.82) is 0 Å².